The Morgan fingerprint density at radius 1 is 1.64 bits per heavy atom. The molecule has 1 radical (unpaired) electrons. The van der Waals surface area contributed by atoms with Crippen molar-refractivity contribution in [3.05, 3.63) is 17.5 Å². The molecule has 14 heavy (non-hydrogen) atoms. The third-order valence-electron chi connectivity index (χ3n) is 2.45. The Labute approximate surface area is 83.2 Å². The molecule has 2 rings (SSSR count). The fourth-order valence-electron chi connectivity index (χ4n) is 1.55. The molecule has 0 fully saturated rings. The first-order valence-electron chi connectivity index (χ1n) is 4.55. The predicted octanol–water partition coefficient (Wildman–Crippen LogP) is -0.0823. The number of nitrogens with zero attached hydrogens (tertiary/aromatic N) is 2. The van der Waals surface area contributed by atoms with E-state index in [1.165, 1.54) is 4.31 Å². The molecule has 2 heterocycles. The molecule has 6 heteroatoms. The Bertz CT molecular complexity index is 424. The fraction of sp³-hybridized carbons (Fsp3) is 0.625. The Morgan fingerprint density at radius 2 is 2.43 bits per heavy atom. The van der Waals surface area contributed by atoms with E-state index in [0.29, 0.717) is 19.5 Å². The van der Waals surface area contributed by atoms with Crippen LogP contribution in [-0.4, -0.2) is 35.2 Å². The molecule has 5 nitrogen and oxygen atoms in total. The quantitative estimate of drug-likeness (QED) is 0.748. The molecule has 0 saturated heterocycles. The molecular weight excluding hydrogens is 202 g/mol. The molecule has 0 aromatic carbocycles. The van der Waals surface area contributed by atoms with Gasteiger partial charge in [0.1, 0.15) is 6.20 Å². The lowest BCUT2D eigenvalue weighted by molar-refractivity contribution is 0.388. The summed E-state index contributed by atoms with van der Waals surface area (Å²) in [5, 5.41) is 6.55. The zero-order chi connectivity index (χ0) is 10.2. The minimum atomic E-state index is -3.07. The SMILES string of the molecule is CCS(=O)(=O)N1CCc2[c]n[nH]c2C1. The number of aromatic amines is 1. The molecule has 0 atom stereocenters. The van der Waals surface area contributed by atoms with E-state index in [2.05, 4.69) is 16.4 Å². The first-order valence-corrected chi connectivity index (χ1v) is 6.16. The Balaban J connectivity index is 2.23. The molecular formula is C8H12N3O2S. The van der Waals surface area contributed by atoms with Crippen LogP contribution >= 0.6 is 0 Å². The highest BCUT2D eigenvalue weighted by atomic mass is 32.2. The molecule has 0 bridgehead atoms. The minimum absolute atomic E-state index is 0.153. The van der Waals surface area contributed by atoms with Gasteiger partial charge in [0.05, 0.1) is 18.0 Å². The number of aromatic nitrogens is 2. The first-order chi connectivity index (χ1) is 6.63. The van der Waals surface area contributed by atoms with Crippen molar-refractivity contribution in [3.63, 3.8) is 0 Å². The number of fused-ring (bicyclic) bond motifs is 1. The number of nitrogens with one attached hydrogen (secondary N) is 1. The first kappa shape index (κ1) is 9.67. The van der Waals surface area contributed by atoms with Crippen molar-refractivity contribution in [2.75, 3.05) is 12.3 Å². The summed E-state index contributed by atoms with van der Waals surface area (Å²) >= 11 is 0. The summed E-state index contributed by atoms with van der Waals surface area (Å²) in [5.74, 6) is 0.153. The zero-order valence-electron chi connectivity index (χ0n) is 7.95. The lowest BCUT2D eigenvalue weighted by atomic mass is 10.1. The number of rotatable bonds is 2. The monoisotopic (exact) mass is 214 g/mol. The number of sulfonamides is 1. The fourth-order valence-corrected chi connectivity index (χ4v) is 2.61. The van der Waals surface area contributed by atoms with E-state index >= 15 is 0 Å². The summed E-state index contributed by atoms with van der Waals surface area (Å²) in [6, 6.07) is 0. The van der Waals surface area contributed by atoms with Gasteiger partial charge in [0.2, 0.25) is 10.0 Å². The van der Waals surface area contributed by atoms with E-state index in [9.17, 15) is 8.42 Å². The summed E-state index contributed by atoms with van der Waals surface area (Å²) < 4.78 is 24.6. The van der Waals surface area contributed by atoms with Crippen LogP contribution in [0.5, 0.6) is 0 Å². The van der Waals surface area contributed by atoms with Crippen LogP contribution in [0.15, 0.2) is 0 Å². The maximum absolute atomic E-state index is 11.6. The molecule has 1 aliphatic heterocycles. The van der Waals surface area contributed by atoms with E-state index in [4.69, 9.17) is 0 Å². The number of hydrogen-bond acceptors (Lipinski definition) is 3. The predicted molar refractivity (Wildman–Crippen MR) is 51.0 cm³/mol. The van der Waals surface area contributed by atoms with Gasteiger partial charge < -0.3 is 0 Å². The lowest BCUT2D eigenvalue weighted by Gasteiger charge is -2.24. The van der Waals surface area contributed by atoms with Crippen molar-refractivity contribution in [2.45, 2.75) is 19.9 Å². The molecule has 77 valence electrons. The van der Waals surface area contributed by atoms with E-state index in [-0.39, 0.29) is 5.75 Å². The molecule has 0 spiro atoms. The standard InChI is InChI=1S/C8H12N3O2S/c1-2-14(12,13)11-4-3-7-5-9-10-8(7)6-11/h2-4,6H2,1H3,(H,9,10). The van der Waals surface area contributed by atoms with Crippen LogP contribution < -0.4 is 0 Å². The summed E-state index contributed by atoms with van der Waals surface area (Å²) in [4.78, 5) is 0. The van der Waals surface area contributed by atoms with Crippen molar-refractivity contribution >= 4 is 10.0 Å². The maximum atomic E-state index is 11.6. The molecule has 1 aromatic rings. The molecule has 0 unspecified atom stereocenters. The Morgan fingerprint density at radius 3 is 3.14 bits per heavy atom. The number of H-pyrrole nitrogens is 1. The van der Waals surface area contributed by atoms with Crippen LogP contribution in [-0.2, 0) is 23.0 Å². The molecule has 0 amide bonds. The van der Waals surface area contributed by atoms with Gasteiger partial charge in [-0.3, -0.25) is 5.10 Å². The lowest BCUT2D eigenvalue weighted by Crippen LogP contribution is -2.36. The normalized spacial score (nSPS) is 18.1. The van der Waals surface area contributed by atoms with Crippen LogP contribution in [0.2, 0.25) is 0 Å². The van der Waals surface area contributed by atoms with Gasteiger partial charge in [-0.15, -0.1) is 0 Å². The van der Waals surface area contributed by atoms with E-state index in [1.807, 2.05) is 0 Å². The summed E-state index contributed by atoms with van der Waals surface area (Å²) in [7, 11) is -3.07. The highest BCUT2D eigenvalue weighted by molar-refractivity contribution is 7.89. The second kappa shape index (κ2) is 3.36. The van der Waals surface area contributed by atoms with Gasteiger partial charge in [0.25, 0.3) is 0 Å². The molecule has 1 N–H and O–H groups in total. The van der Waals surface area contributed by atoms with Gasteiger partial charge in [-0.25, -0.2) is 8.42 Å². The van der Waals surface area contributed by atoms with Crippen LogP contribution in [0.3, 0.4) is 0 Å². The van der Waals surface area contributed by atoms with Gasteiger partial charge in [0, 0.05) is 12.1 Å². The summed E-state index contributed by atoms with van der Waals surface area (Å²) in [6.45, 7) is 2.60. The smallest absolute Gasteiger partial charge is 0.214 e. The second-order valence-electron chi connectivity index (χ2n) is 3.28. The Kier molecular flexibility index (Phi) is 2.32. The molecule has 0 saturated carbocycles. The van der Waals surface area contributed by atoms with Gasteiger partial charge in [0.15, 0.2) is 0 Å². The van der Waals surface area contributed by atoms with Crippen LogP contribution in [0.4, 0.5) is 0 Å². The van der Waals surface area contributed by atoms with Crippen LogP contribution in [0.25, 0.3) is 0 Å². The maximum Gasteiger partial charge on any atom is 0.214 e. The van der Waals surface area contributed by atoms with Gasteiger partial charge in [-0.05, 0) is 13.3 Å². The van der Waals surface area contributed by atoms with Gasteiger partial charge in [-0.2, -0.15) is 9.40 Å². The highest BCUT2D eigenvalue weighted by Gasteiger charge is 2.26. The van der Waals surface area contributed by atoms with E-state index in [0.717, 1.165) is 11.3 Å². The summed E-state index contributed by atoms with van der Waals surface area (Å²) in [6.07, 6.45) is 3.52. The van der Waals surface area contributed by atoms with E-state index in [1.54, 1.807) is 6.92 Å². The molecule has 0 aliphatic carbocycles. The molecule has 1 aromatic heterocycles. The van der Waals surface area contributed by atoms with Gasteiger partial charge >= 0.3 is 0 Å². The third-order valence-corrected chi connectivity index (χ3v) is 4.28. The number of hydrogen-bond donors (Lipinski definition) is 1. The average molecular weight is 214 g/mol. The Hall–Kier alpha value is -0.880. The van der Waals surface area contributed by atoms with Crippen molar-refractivity contribution in [2.24, 2.45) is 0 Å². The van der Waals surface area contributed by atoms with Crippen LogP contribution in [0.1, 0.15) is 18.2 Å². The third kappa shape index (κ3) is 1.55. The van der Waals surface area contributed by atoms with Crippen molar-refractivity contribution in [1.82, 2.24) is 14.5 Å². The van der Waals surface area contributed by atoms with Gasteiger partial charge in [-0.1, -0.05) is 0 Å². The molecule has 1 aliphatic rings. The van der Waals surface area contributed by atoms with Crippen molar-refractivity contribution in [1.29, 1.82) is 0 Å². The zero-order valence-corrected chi connectivity index (χ0v) is 8.76. The van der Waals surface area contributed by atoms with Crippen molar-refractivity contribution < 1.29 is 8.42 Å². The van der Waals surface area contributed by atoms with Crippen LogP contribution in [0, 0.1) is 6.20 Å². The largest absolute Gasteiger partial charge is 0.280 e. The summed E-state index contributed by atoms with van der Waals surface area (Å²) in [5.41, 5.74) is 1.88. The highest BCUT2D eigenvalue weighted by Crippen LogP contribution is 2.18. The average Bonchev–Trinajstić information content (AvgIpc) is 2.64. The van der Waals surface area contributed by atoms with E-state index < -0.39 is 10.0 Å². The topological polar surface area (TPSA) is 66.1 Å². The van der Waals surface area contributed by atoms with Crippen molar-refractivity contribution in [3.8, 4) is 0 Å². The minimum Gasteiger partial charge on any atom is -0.280 e. The second-order valence-corrected chi connectivity index (χ2v) is 5.53.